The highest BCUT2D eigenvalue weighted by Gasteiger charge is 2.24. The second-order valence-corrected chi connectivity index (χ2v) is 10.8. The zero-order valence-electron chi connectivity index (χ0n) is 21.9. The lowest BCUT2D eigenvalue weighted by atomic mass is 9.91. The first-order valence-electron chi connectivity index (χ1n) is 12.5. The average molecular weight is 506 g/mol. The van der Waals surface area contributed by atoms with Crippen LogP contribution in [0.2, 0.25) is 0 Å². The van der Waals surface area contributed by atoms with Crippen LogP contribution in [0.15, 0.2) is 54.0 Å². The maximum Gasteiger partial charge on any atom is 0.227 e. The third-order valence-electron chi connectivity index (χ3n) is 7.20. The van der Waals surface area contributed by atoms with E-state index in [1.807, 2.05) is 23.5 Å². The fourth-order valence-corrected chi connectivity index (χ4v) is 6.17. The number of nitrogens with zero attached hydrogens (tertiary/aromatic N) is 3. The number of benzene rings is 2. The molecule has 5 heteroatoms. The van der Waals surface area contributed by atoms with Gasteiger partial charge >= 0.3 is 0 Å². The molecule has 0 fully saturated rings. The third-order valence-corrected chi connectivity index (χ3v) is 8.32. The van der Waals surface area contributed by atoms with Gasteiger partial charge in [-0.2, -0.15) is 0 Å². The first kappa shape index (κ1) is 25.0. The largest absolute Gasteiger partial charge is 0.435 e. The summed E-state index contributed by atoms with van der Waals surface area (Å²) in [6.07, 6.45) is 8.22. The van der Waals surface area contributed by atoms with Gasteiger partial charge in [-0.3, -0.25) is 4.90 Å². The molecule has 4 aromatic rings. The Labute approximate surface area is 223 Å². The van der Waals surface area contributed by atoms with E-state index in [0.717, 1.165) is 41.2 Å². The topological polar surface area (TPSA) is 42.2 Å². The lowest BCUT2D eigenvalue weighted by molar-refractivity contribution is 0.205. The minimum atomic E-state index is 0.452. The molecule has 0 aliphatic carbocycles. The molecule has 0 saturated carbocycles. The SMILES string of the molecule is C#CC(=C)c1oc(-c2cccc(-c3cccc(-c4nc5c(s4)CN(C(C)C)CC5)c3C)c2C)nc1C=C. The monoisotopic (exact) mass is 505 g/mol. The number of fused-ring (bicyclic) bond motifs is 1. The van der Waals surface area contributed by atoms with Gasteiger partial charge in [-0.25, -0.2) is 9.97 Å². The molecule has 0 saturated heterocycles. The fraction of sp³-hybridized carbons (Fsp3) is 0.250. The zero-order chi connectivity index (χ0) is 26.3. The van der Waals surface area contributed by atoms with Crippen molar-refractivity contribution in [3.8, 4) is 45.5 Å². The van der Waals surface area contributed by atoms with E-state index in [-0.39, 0.29) is 0 Å². The number of rotatable bonds is 6. The van der Waals surface area contributed by atoms with Gasteiger partial charge in [0.15, 0.2) is 5.76 Å². The van der Waals surface area contributed by atoms with Crippen molar-refractivity contribution in [3.05, 3.63) is 82.7 Å². The van der Waals surface area contributed by atoms with Crippen LogP contribution in [0.5, 0.6) is 0 Å². The van der Waals surface area contributed by atoms with Gasteiger partial charge in [0.2, 0.25) is 5.89 Å². The summed E-state index contributed by atoms with van der Waals surface area (Å²) >= 11 is 1.83. The molecule has 5 rings (SSSR count). The summed E-state index contributed by atoms with van der Waals surface area (Å²) < 4.78 is 6.07. The van der Waals surface area contributed by atoms with Gasteiger partial charge in [-0.05, 0) is 62.1 Å². The molecule has 1 aliphatic rings. The number of hydrogen-bond acceptors (Lipinski definition) is 5. The number of terminal acetylenes is 1. The van der Waals surface area contributed by atoms with Crippen LogP contribution in [0.25, 0.3) is 44.8 Å². The van der Waals surface area contributed by atoms with Gasteiger partial charge in [0.1, 0.15) is 10.7 Å². The molecule has 0 atom stereocenters. The highest BCUT2D eigenvalue weighted by atomic mass is 32.1. The van der Waals surface area contributed by atoms with Gasteiger partial charge in [0.25, 0.3) is 0 Å². The first-order chi connectivity index (χ1) is 17.8. The molecule has 0 amide bonds. The van der Waals surface area contributed by atoms with E-state index in [2.05, 4.69) is 80.9 Å². The maximum absolute atomic E-state index is 6.07. The maximum atomic E-state index is 6.07. The van der Waals surface area contributed by atoms with Crippen LogP contribution in [-0.4, -0.2) is 27.5 Å². The molecule has 4 nitrogen and oxygen atoms in total. The Morgan fingerprint density at radius 2 is 1.73 bits per heavy atom. The van der Waals surface area contributed by atoms with E-state index in [9.17, 15) is 0 Å². The summed E-state index contributed by atoms with van der Waals surface area (Å²) in [6.45, 7) is 18.6. The molecule has 2 aromatic carbocycles. The second-order valence-electron chi connectivity index (χ2n) is 9.72. The Kier molecular flexibility index (Phi) is 6.72. The molecule has 0 bridgehead atoms. The van der Waals surface area contributed by atoms with E-state index >= 15 is 0 Å². The highest BCUT2D eigenvalue weighted by molar-refractivity contribution is 7.15. The molecule has 2 aromatic heterocycles. The minimum Gasteiger partial charge on any atom is -0.435 e. The Bertz CT molecular complexity index is 1560. The lowest BCUT2D eigenvalue weighted by Crippen LogP contribution is -2.35. The van der Waals surface area contributed by atoms with Gasteiger partial charge in [0.05, 0.1) is 11.3 Å². The molecule has 0 unspecified atom stereocenters. The van der Waals surface area contributed by atoms with Gasteiger partial charge in [-0.1, -0.05) is 49.4 Å². The molecule has 37 heavy (non-hydrogen) atoms. The van der Waals surface area contributed by atoms with Crippen LogP contribution in [0.3, 0.4) is 0 Å². The van der Waals surface area contributed by atoms with Crippen LogP contribution >= 0.6 is 11.3 Å². The van der Waals surface area contributed by atoms with Gasteiger partial charge < -0.3 is 4.42 Å². The molecule has 3 heterocycles. The molecule has 186 valence electrons. The van der Waals surface area contributed by atoms with Crippen LogP contribution in [0.1, 0.15) is 47.0 Å². The number of oxazole rings is 1. The molecule has 0 N–H and O–H groups in total. The van der Waals surface area contributed by atoms with Crippen LogP contribution in [0.4, 0.5) is 0 Å². The lowest BCUT2D eigenvalue weighted by Gasteiger charge is -2.29. The molecular weight excluding hydrogens is 474 g/mol. The van der Waals surface area contributed by atoms with E-state index in [1.165, 1.54) is 27.3 Å². The Balaban J connectivity index is 1.55. The van der Waals surface area contributed by atoms with Crippen molar-refractivity contribution in [2.75, 3.05) is 6.54 Å². The van der Waals surface area contributed by atoms with Crippen molar-refractivity contribution in [1.29, 1.82) is 0 Å². The van der Waals surface area contributed by atoms with E-state index in [4.69, 9.17) is 15.8 Å². The first-order valence-corrected chi connectivity index (χ1v) is 13.4. The quantitative estimate of drug-likeness (QED) is 0.251. The zero-order valence-corrected chi connectivity index (χ0v) is 22.7. The number of hydrogen-bond donors (Lipinski definition) is 0. The van der Waals surface area contributed by atoms with Crippen LogP contribution < -0.4 is 0 Å². The minimum absolute atomic E-state index is 0.452. The van der Waals surface area contributed by atoms with E-state index < -0.39 is 0 Å². The van der Waals surface area contributed by atoms with Crippen molar-refractivity contribution >= 4 is 23.0 Å². The molecule has 0 radical (unpaired) electrons. The molecular formula is C32H31N3OS. The molecule has 0 spiro atoms. The fourth-order valence-electron chi connectivity index (χ4n) is 4.96. The number of aromatic nitrogens is 2. The third kappa shape index (κ3) is 4.48. The van der Waals surface area contributed by atoms with Crippen LogP contribution in [0, 0.1) is 26.2 Å². The Morgan fingerprint density at radius 1 is 1.08 bits per heavy atom. The smallest absolute Gasteiger partial charge is 0.227 e. The van der Waals surface area contributed by atoms with Crippen molar-refractivity contribution in [2.24, 2.45) is 0 Å². The summed E-state index contributed by atoms with van der Waals surface area (Å²) in [5, 5.41) is 1.10. The summed E-state index contributed by atoms with van der Waals surface area (Å²) in [6, 6.07) is 13.2. The summed E-state index contributed by atoms with van der Waals surface area (Å²) in [5.74, 6) is 3.54. The summed E-state index contributed by atoms with van der Waals surface area (Å²) in [7, 11) is 0. The van der Waals surface area contributed by atoms with E-state index in [0.29, 0.717) is 29.0 Å². The van der Waals surface area contributed by atoms with Crippen LogP contribution in [-0.2, 0) is 13.0 Å². The highest BCUT2D eigenvalue weighted by Crippen LogP contribution is 2.39. The standard InChI is InChI=1S/C32H31N3OS/c1-8-20(5)30-27(9-2)33-31(36-30)25-14-10-12-23(21(25)6)24-13-11-15-26(22(24)7)32-34-28-16-17-35(19(3)4)18-29(28)37-32/h1,9-15,19H,2,5,16-18H2,3-4,6-7H3. The Morgan fingerprint density at radius 3 is 2.38 bits per heavy atom. The second kappa shape index (κ2) is 9.97. The van der Waals surface area contributed by atoms with Crippen molar-refractivity contribution in [2.45, 2.75) is 46.7 Å². The van der Waals surface area contributed by atoms with Gasteiger partial charge in [-0.15, -0.1) is 17.8 Å². The number of thiazole rings is 1. The predicted octanol–water partition coefficient (Wildman–Crippen LogP) is 7.80. The summed E-state index contributed by atoms with van der Waals surface area (Å²) in [4.78, 5) is 13.6. The van der Waals surface area contributed by atoms with Crippen molar-refractivity contribution < 1.29 is 4.42 Å². The average Bonchev–Trinajstić information content (AvgIpc) is 3.52. The number of allylic oxidation sites excluding steroid dienone is 1. The Hall–Kier alpha value is -3.72. The molecule has 1 aliphatic heterocycles. The van der Waals surface area contributed by atoms with Gasteiger partial charge in [0, 0.05) is 41.6 Å². The normalized spacial score (nSPS) is 13.4. The van der Waals surface area contributed by atoms with Crippen molar-refractivity contribution in [1.82, 2.24) is 14.9 Å². The summed E-state index contributed by atoms with van der Waals surface area (Å²) in [5.41, 5.74) is 9.04. The predicted molar refractivity (Wildman–Crippen MR) is 155 cm³/mol. The van der Waals surface area contributed by atoms with Crippen molar-refractivity contribution in [3.63, 3.8) is 0 Å². The van der Waals surface area contributed by atoms with E-state index in [1.54, 1.807) is 6.08 Å².